The molecule has 45 heavy (non-hydrogen) atoms. The van der Waals surface area contributed by atoms with Gasteiger partial charge in [-0.25, -0.2) is 12.1 Å². The molecular formula is C42H46Cl2Zr. The summed E-state index contributed by atoms with van der Waals surface area (Å²) in [5.74, 6) is 1.12. The third-order valence-electron chi connectivity index (χ3n) is 9.97. The van der Waals surface area contributed by atoms with E-state index in [2.05, 4.69) is 139 Å². The van der Waals surface area contributed by atoms with Crippen LogP contribution in [0, 0.1) is 24.8 Å². The number of fused-ring (bicyclic) bond motifs is 3. The van der Waals surface area contributed by atoms with Gasteiger partial charge < -0.3 is 24.8 Å². The normalized spacial score (nSPS) is 13.0. The van der Waals surface area contributed by atoms with Crippen LogP contribution < -0.4 is 24.8 Å². The second-order valence-corrected chi connectivity index (χ2v) is 13.4. The van der Waals surface area contributed by atoms with Gasteiger partial charge in [-0.1, -0.05) is 120 Å². The molecule has 3 heteroatoms. The van der Waals surface area contributed by atoms with Crippen LogP contribution in [0.15, 0.2) is 115 Å². The summed E-state index contributed by atoms with van der Waals surface area (Å²) in [6.45, 7) is 16.6. The van der Waals surface area contributed by atoms with E-state index in [-0.39, 0.29) is 61.8 Å². The van der Waals surface area contributed by atoms with Crippen molar-refractivity contribution in [2.75, 3.05) is 0 Å². The molecule has 0 aliphatic heterocycles. The predicted octanol–water partition coefficient (Wildman–Crippen LogP) is 4.90. The summed E-state index contributed by atoms with van der Waals surface area (Å²) in [7, 11) is 0. The standard InChI is InChI=1S/C37H41.C5H5.2ClH.Zr/c1-25(27(3)36(4,5)31-14-10-8-11-15-31)20-28-18-19-33-30(22-28)23-29-21-26(2)35(24-34(29)33)37(6,7)32-16-12-9-13-17-32;1-2-4-5-3-1;;;/h8-19,21,24-25,27H,20,23H2,1-7H3;1-5H;2*1H;/q2*-1;;;+4/p-2. The van der Waals surface area contributed by atoms with E-state index in [9.17, 15) is 0 Å². The summed E-state index contributed by atoms with van der Waals surface area (Å²) in [6.07, 6.45) is 2.05. The van der Waals surface area contributed by atoms with Crippen molar-refractivity contribution in [1.29, 1.82) is 0 Å². The summed E-state index contributed by atoms with van der Waals surface area (Å²) in [5.41, 5.74) is 12.6. The summed E-state index contributed by atoms with van der Waals surface area (Å²) in [4.78, 5) is 0. The van der Waals surface area contributed by atoms with Crippen LogP contribution in [0.5, 0.6) is 0 Å². The molecule has 0 saturated heterocycles. The minimum Gasteiger partial charge on any atom is -1.00 e. The zero-order valence-corrected chi connectivity index (χ0v) is 31.8. The monoisotopic (exact) mass is 710 g/mol. The quantitative estimate of drug-likeness (QED) is 0.207. The van der Waals surface area contributed by atoms with E-state index < -0.39 is 0 Å². The predicted molar refractivity (Wildman–Crippen MR) is 180 cm³/mol. The van der Waals surface area contributed by atoms with Crippen LogP contribution >= 0.6 is 0 Å². The van der Waals surface area contributed by atoms with E-state index in [1.807, 2.05) is 30.3 Å². The van der Waals surface area contributed by atoms with Crippen molar-refractivity contribution in [2.24, 2.45) is 11.8 Å². The van der Waals surface area contributed by atoms with Gasteiger partial charge in [-0.15, -0.1) is 11.1 Å². The molecule has 1 aliphatic rings. The Balaban J connectivity index is 0.000000805. The Bertz CT molecular complexity index is 1580. The average Bonchev–Trinajstić information content (AvgIpc) is 3.69. The van der Waals surface area contributed by atoms with Gasteiger partial charge in [0, 0.05) is 5.41 Å². The first-order valence-corrected chi connectivity index (χ1v) is 15.5. The number of halogens is 2. The third kappa shape index (κ3) is 8.54. The molecule has 0 amide bonds. The van der Waals surface area contributed by atoms with Crippen LogP contribution in [0.2, 0.25) is 0 Å². The average molecular weight is 713 g/mol. The minimum atomic E-state index is -0.0378. The summed E-state index contributed by atoms with van der Waals surface area (Å²) < 4.78 is 0. The van der Waals surface area contributed by atoms with Crippen LogP contribution in [-0.2, 0) is 49.9 Å². The smallest absolute Gasteiger partial charge is 1.00 e. The second-order valence-electron chi connectivity index (χ2n) is 13.4. The Morgan fingerprint density at radius 1 is 0.733 bits per heavy atom. The number of benzene rings is 4. The number of aryl methyl sites for hydroxylation is 1. The van der Waals surface area contributed by atoms with Crippen molar-refractivity contribution in [3.05, 3.63) is 160 Å². The molecule has 2 atom stereocenters. The molecule has 0 radical (unpaired) electrons. The fraction of sp³-hybridized carbons (Fsp3) is 0.310. The molecule has 0 aromatic heterocycles. The van der Waals surface area contributed by atoms with Gasteiger partial charge in [-0.3, -0.25) is 0 Å². The van der Waals surface area contributed by atoms with Crippen molar-refractivity contribution in [1.82, 2.24) is 0 Å². The fourth-order valence-electron chi connectivity index (χ4n) is 6.82. The van der Waals surface area contributed by atoms with Gasteiger partial charge >= 0.3 is 26.2 Å². The first-order valence-electron chi connectivity index (χ1n) is 15.5. The topological polar surface area (TPSA) is 0 Å². The summed E-state index contributed by atoms with van der Waals surface area (Å²) >= 11 is 0. The number of hydrogen-bond donors (Lipinski definition) is 0. The summed E-state index contributed by atoms with van der Waals surface area (Å²) in [5, 5.41) is 0. The number of rotatable bonds is 7. The zero-order chi connectivity index (χ0) is 29.9. The Hall–Kier alpha value is -2.31. The van der Waals surface area contributed by atoms with Crippen molar-refractivity contribution < 1.29 is 51.0 Å². The molecule has 5 aromatic rings. The molecule has 0 heterocycles. The van der Waals surface area contributed by atoms with E-state index in [4.69, 9.17) is 0 Å². The number of hydrogen-bond acceptors (Lipinski definition) is 0. The minimum absolute atomic E-state index is 0. The van der Waals surface area contributed by atoms with Gasteiger partial charge in [0.05, 0.1) is 0 Å². The van der Waals surface area contributed by atoms with E-state index in [1.165, 1.54) is 50.1 Å². The SMILES string of the molecule is Cc1cc2c(cc1C(C)(C)c1ccccc1)-c1ccc(CC(C)C(C)C(C)(C)c3ccccc3)[c-]c1C2.[Cl-].[Cl-].[Zr+4].c1cc[cH-]c1. The molecule has 0 spiro atoms. The maximum absolute atomic E-state index is 3.86. The van der Waals surface area contributed by atoms with Crippen molar-refractivity contribution in [3.8, 4) is 11.1 Å². The van der Waals surface area contributed by atoms with E-state index in [0.29, 0.717) is 11.8 Å². The van der Waals surface area contributed by atoms with Crippen LogP contribution in [0.3, 0.4) is 0 Å². The molecule has 6 rings (SSSR count). The van der Waals surface area contributed by atoms with Crippen molar-refractivity contribution >= 4 is 0 Å². The van der Waals surface area contributed by atoms with Crippen LogP contribution in [0.25, 0.3) is 11.1 Å². The first-order chi connectivity index (χ1) is 20.1. The summed E-state index contributed by atoms with van der Waals surface area (Å²) in [6, 6.07) is 45.3. The van der Waals surface area contributed by atoms with Crippen LogP contribution in [0.4, 0.5) is 0 Å². The molecule has 0 saturated carbocycles. The van der Waals surface area contributed by atoms with Crippen LogP contribution in [-0.4, -0.2) is 0 Å². The molecular weight excluding hydrogens is 667 g/mol. The molecule has 0 N–H and O–H groups in total. The van der Waals surface area contributed by atoms with Gasteiger partial charge in [0.2, 0.25) is 0 Å². The van der Waals surface area contributed by atoms with Crippen molar-refractivity contribution in [2.45, 2.75) is 72.1 Å². The first kappa shape index (κ1) is 38.9. The van der Waals surface area contributed by atoms with Gasteiger partial charge in [-0.05, 0) is 64.8 Å². The molecule has 5 aromatic carbocycles. The molecule has 232 valence electrons. The van der Waals surface area contributed by atoms with E-state index >= 15 is 0 Å². The third-order valence-corrected chi connectivity index (χ3v) is 9.97. The molecule has 0 fully saturated rings. The maximum Gasteiger partial charge on any atom is 4.00 e. The molecule has 0 nitrogen and oxygen atoms in total. The molecule has 0 bridgehead atoms. The van der Waals surface area contributed by atoms with Crippen LogP contribution in [0.1, 0.15) is 80.5 Å². The van der Waals surface area contributed by atoms with E-state index in [1.54, 1.807) is 0 Å². The zero-order valence-electron chi connectivity index (χ0n) is 27.8. The Kier molecular flexibility index (Phi) is 14.3. The molecule has 2 unspecified atom stereocenters. The van der Waals surface area contributed by atoms with Gasteiger partial charge in [0.15, 0.2) is 0 Å². The largest absolute Gasteiger partial charge is 4.00 e. The Morgan fingerprint density at radius 2 is 1.31 bits per heavy atom. The molecule has 1 aliphatic carbocycles. The maximum atomic E-state index is 3.86. The van der Waals surface area contributed by atoms with Gasteiger partial charge in [-0.2, -0.15) is 42.0 Å². The van der Waals surface area contributed by atoms with Gasteiger partial charge in [0.25, 0.3) is 0 Å². The Labute approximate surface area is 304 Å². The second kappa shape index (κ2) is 16.5. The van der Waals surface area contributed by atoms with E-state index in [0.717, 1.165) is 12.8 Å². The Morgan fingerprint density at radius 3 is 1.87 bits per heavy atom. The van der Waals surface area contributed by atoms with Gasteiger partial charge in [0.1, 0.15) is 0 Å². The fourth-order valence-corrected chi connectivity index (χ4v) is 6.82. The van der Waals surface area contributed by atoms with Crippen molar-refractivity contribution in [3.63, 3.8) is 0 Å².